The SMILES string of the molecule is COC(=O)[C@@H]1[C@@H](c2ccc(OC)c(OC)c2)[NH2+][C@@H](c2ccc(OC)c(OC)c2)[C@@H](C(=O)OC)S1(=O)=O. The number of ether oxygens (including phenoxy) is 6. The van der Waals surface area contributed by atoms with Gasteiger partial charge in [-0.05, 0) is 36.4 Å². The molecule has 11 nitrogen and oxygen atoms in total. The lowest BCUT2D eigenvalue weighted by Crippen LogP contribution is -2.94. The zero-order valence-electron chi connectivity index (χ0n) is 20.8. The predicted molar refractivity (Wildman–Crippen MR) is 127 cm³/mol. The molecule has 0 aliphatic carbocycles. The Labute approximate surface area is 209 Å². The first-order valence-electron chi connectivity index (χ1n) is 10.9. The van der Waals surface area contributed by atoms with E-state index in [2.05, 4.69) is 0 Å². The van der Waals surface area contributed by atoms with Crippen LogP contribution in [0.5, 0.6) is 23.0 Å². The minimum atomic E-state index is -4.48. The molecule has 0 unspecified atom stereocenters. The Morgan fingerprint density at radius 3 is 1.31 bits per heavy atom. The highest BCUT2D eigenvalue weighted by Crippen LogP contribution is 2.38. The Balaban J connectivity index is 2.25. The van der Waals surface area contributed by atoms with Crippen molar-refractivity contribution in [3.05, 3.63) is 47.5 Å². The van der Waals surface area contributed by atoms with Crippen molar-refractivity contribution >= 4 is 21.8 Å². The number of hydrogen-bond donors (Lipinski definition) is 1. The van der Waals surface area contributed by atoms with Crippen LogP contribution < -0.4 is 24.3 Å². The number of nitrogens with two attached hydrogens (primary N) is 1. The van der Waals surface area contributed by atoms with Crippen molar-refractivity contribution < 1.29 is 51.7 Å². The van der Waals surface area contributed by atoms with Crippen molar-refractivity contribution in [2.24, 2.45) is 0 Å². The summed E-state index contributed by atoms with van der Waals surface area (Å²) in [4.78, 5) is 25.7. The maximum atomic E-state index is 13.9. The minimum Gasteiger partial charge on any atom is -0.493 e. The molecule has 1 saturated heterocycles. The number of hydrogen-bond acceptors (Lipinski definition) is 10. The summed E-state index contributed by atoms with van der Waals surface area (Å²) < 4.78 is 58.9. The summed E-state index contributed by atoms with van der Waals surface area (Å²) >= 11 is 0. The van der Waals surface area contributed by atoms with Gasteiger partial charge in [-0.2, -0.15) is 0 Å². The molecule has 0 radical (unpaired) electrons. The van der Waals surface area contributed by atoms with Crippen molar-refractivity contribution in [2.45, 2.75) is 22.6 Å². The van der Waals surface area contributed by atoms with Crippen LogP contribution in [0.25, 0.3) is 0 Å². The first-order chi connectivity index (χ1) is 17.2. The minimum absolute atomic E-state index is 0.349. The van der Waals surface area contributed by atoms with Crippen LogP contribution in [0, 0.1) is 0 Å². The fourth-order valence-corrected chi connectivity index (χ4v) is 6.84. The van der Waals surface area contributed by atoms with E-state index < -0.39 is 44.4 Å². The van der Waals surface area contributed by atoms with Gasteiger partial charge < -0.3 is 33.7 Å². The molecule has 0 bridgehead atoms. The molecule has 1 aliphatic rings. The molecule has 12 heteroatoms. The van der Waals surface area contributed by atoms with Crippen LogP contribution in [-0.2, 0) is 28.9 Å². The third kappa shape index (κ3) is 4.78. The Kier molecular flexibility index (Phi) is 8.31. The van der Waals surface area contributed by atoms with E-state index in [0.29, 0.717) is 34.1 Å². The highest BCUT2D eigenvalue weighted by molar-refractivity contribution is 7.94. The van der Waals surface area contributed by atoms with Crippen molar-refractivity contribution in [3.8, 4) is 23.0 Å². The maximum Gasteiger partial charge on any atom is 0.330 e. The van der Waals surface area contributed by atoms with E-state index in [1.807, 2.05) is 0 Å². The normalized spacial score (nSPS) is 22.7. The van der Waals surface area contributed by atoms with Gasteiger partial charge in [0, 0.05) is 11.1 Å². The third-order valence-corrected chi connectivity index (χ3v) is 8.61. The number of benzene rings is 2. The number of quaternary nitrogens is 1. The molecule has 4 atom stereocenters. The highest BCUT2D eigenvalue weighted by atomic mass is 32.2. The molecule has 1 aliphatic heterocycles. The fourth-order valence-electron chi connectivity index (χ4n) is 4.48. The first kappa shape index (κ1) is 27.1. The molecule has 196 valence electrons. The molecule has 3 rings (SSSR count). The number of carbonyl (C=O) groups is 2. The molecule has 1 fully saturated rings. The van der Waals surface area contributed by atoms with Gasteiger partial charge in [-0.3, -0.25) is 9.59 Å². The summed E-state index contributed by atoms with van der Waals surface area (Å²) in [5.74, 6) is -0.433. The number of carbonyl (C=O) groups excluding carboxylic acids is 2. The van der Waals surface area contributed by atoms with Crippen LogP contribution in [0.2, 0.25) is 0 Å². The summed E-state index contributed by atoms with van der Waals surface area (Å²) in [5.41, 5.74) is 0.917. The van der Waals surface area contributed by atoms with E-state index in [1.165, 1.54) is 28.4 Å². The Bertz CT molecular complexity index is 1140. The standard InChI is InChI=1S/C24H29NO10S/c1-30-15-9-7-13(11-17(15)32-3)19-21(23(26)34-5)36(28,29)22(24(27)35-6)20(25-19)14-8-10-16(31-2)18(12-14)33-4/h7-12,19-22,25H,1-6H3/p+1/t19-,20+,21-,22-/m0/s1. The molecular formula is C24H30NO10S+. The van der Waals surface area contributed by atoms with Crippen molar-refractivity contribution in [1.29, 1.82) is 0 Å². The van der Waals surface area contributed by atoms with Gasteiger partial charge in [0.25, 0.3) is 0 Å². The second-order valence-corrected chi connectivity index (χ2v) is 10.1. The molecule has 0 saturated carbocycles. The van der Waals surface area contributed by atoms with Crippen LogP contribution >= 0.6 is 0 Å². The second-order valence-electron chi connectivity index (χ2n) is 7.95. The number of rotatable bonds is 8. The predicted octanol–water partition coefficient (Wildman–Crippen LogP) is 0.578. The summed E-state index contributed by atoms with van der Waals surface area (Å²) in [7, 11) is 3.55. The molecule has 2 N–H and O–H groups in total. The lowest BCUT2D eigenvalue weighted by molar-refractivity contribution is -0.734. The Hall–Kier alpha value is -3.51. The van der Waals surface area contributed by atoms with Gasteiger partial charge in [-0.15, -0.1) is 0 Å². The Morgan fingerprint density at radius 2 is 1.00 bits per heavy atom. The third-order valence-electron chi connectivity index (χ3n) is 6.23. The van der Waals surface area contributed by atoms with Crippen molar-refractivity contribution in [1.82, 2.24) is 0 Å². The molecule has 2 aromatic rings. The van der Waals surface area contributed by atoms with E-state index in [-0.39, 0.29) is 0 Å². The van der Waals surface area contributed by atoms with Crippen LogP contribution in [0.3, 0.4) is 0 Å². The monoisotopic (exact) mass is 524 g/mol. The molecule has 0 amide bonds. The Morgan fingerprint density at radius 1 is 0.639 bits per heavy atom. The van der Waals surface area contributed by atoms with Crippen LogP contribution in [0.15, 0.2) is 36.4 Å². The van der Waals surface area contributed by atoms with E-state index in [9.17, 15) is 18.0 Å². The molecular weight excluding hydrogens is 494 g/mol. The molecule has 1 heterocycles. The summed E-state index contributed by atoms with van der Waals surface area (Å²) in [6, 6.07) is 7.71. The van der Waals surface area contributed by atoms with E-state index in [1.54, 1.807) is 41.7 Å². The number of esters is 2. The molecule has 36 heavy (non-hydrogen) atoms. The van der Waals surface area contributed by atoms with Gasteiger partial charge in [0.15, 0.2) is 32.8 Å². The summed E-state index contributed by atoms with van der Waals surface area (Å²) in [6.45, 7) is 0. The average molecular weight is 525 g/mol. The number of methoxy groups -OCH3 is 6. The van der Waals surface area contributed by atoms with E-state index in [4.69, 9.17) is 28.4 Å². The number of sulfone groups is 1. The summed E-state index contributed by atoms with van der Waals surface area (Å²) in [5, 5.41) is -1.74. The van der Waals surface area contributed by atoms with Gasteiger partial charge in [0.1, 0.15) is 12.1 Å². The molecule has 0 spiro atoms. The topological polar surface area (TPSA) is 140 Å². The lowest BCUT2D eigenvalue weighted by Gasteiger charge is -2.37. The fraction of sp³-hybridized carbons (Fsp3) is 0.417. The quantitative estimate of drug-likeness (QED) is 0.488. The molecule has 2 aromatic carbocycles. The van der Waals surface area contributed by atoms with Gasteiger partial charge >= 0.3 is 11.9 Å². The highest BCUT2D eigenvalue weighted by Gasteiger charge is 2.60. The van der Waals surface area contributed by atoms with Gasteiger partial charge in [0.05, 0.1) is 42.7 Å². The van der Waals surface area contributed by atoms with Gasteiger partial charge in [-0.25, -0.2) is 8.42 Å². The smallest absolute Gasteiger partial charge is 0.330 e. The van der Waals surface area contributed by atoms with Crippen LogP contribution in [-0.4, -0.2) is 73.5 Å². The zero-order chi connectivity index (χ0) is 26.6. The van der Waals surface area contributed by atoms with E-state index in [0.717, 1.165) is 14.2 Å². The van der Waals surface area contributed by atoms with Gasteiger partial charge in [0.2, 0.25) is 10.5 Å². The maximum absolute atomic E-state index is 13.9. The average Bonchev–Trinajstić information content (AvgIpc) is 2.90. The second kappa shape index (κ2) is 11.0. The zero-order valence-corrected chi connectivity index (χ0v) is 21.7. The van der Waals surface area contributed by atoms with Gasteiger partial charge in [-0.1, -0.05) is 0 Å². The first-order valence-corrected chi connectivity index (χ1v) is 12.5. The summed E-state index contributed by atoms with van der Waals surface area (Å²) in [6.07, 6.45) is 0. The van der Waals surface area contributed by atoms with Crippen LogP contribution in [0.1, 0.15) is 23.2 Å². The van der Waals surface area contributed by atoms with E-state index >= 15 is 0 Å². The van der Waals surface area contributed by atoms with Crippen molar-refractivity contribution in [3.63, 3.8) is 0 Å². The molecule has 0 aromatic heterocycles. The lowest BCUT2D eigenvalue weighted by atomic mass is 9.96. The van der Waals surface area contributed by atoms with Crippen molar-refractivity contribution in [2.75, 3.05) is 42.7 Å². The van der Waals surface area contributed by atoms with Crippen LogP contribution in [0.4, 0.5) is 0 Å². The largest absolute Gasteiger partial charge is 0.493 e.